The van der Waals surface area contributed by atoms with Crippen LogP contribution in [0.2, 0.25) is 0 Å². The van der Waals surface area contributed by atoms with Crippen molar-refractivity contribution in [1.29, 1.82) is 0 Å². The maximum absolute atomic E-state index is 12.1. The van der Waals surface area contributed by atoms with Gasteiger partial charge < -0.3 is 10.4 Å². The summed E-state index contributed by atoms with van der Waals surface area (Å²) in [6.45, 7) is 2.74. The van der Waals surface area contributed by atoms with Crippen molar-refractivity contribution >= 4 is 11.9 Å². The van der Waals surface area contributed by atoms with Gasteiger partial charge in [-0.05, 0) is 31.1 Å². The second-order valence-corrected chi connectivity index (χ2v) is 6.36. The van der Waals surface area contributed by atoms with E-state index in [0.29, 0.717) is 25.3 Å². The highest BCUT2D eigenvalue weighted by Crippen LogP contribution is 2.36. The molecule has 2 fully saturated rings. The number of carboxylic acids is 1. The largest absolute Gasteiger partial charge is 0.481 e. The second-order valence-electron chi connectivity index (χ2n) is 6.36. The third kappa shape index (κ3) is 3.71. The van der Waals surface area contributed by atoms with Crippen LogP contribution in [0.5, 0.6) is 0 Å². The molecule has 0 saturated heterocycles. The number of carbonyl (C=O) groups is 2. The minimum Gasteiger partial charge on any atom is -0.481 e. The number of hydrogen-bond donors (Lipinski definition) is 2. The van der Waals surface area contributed by atoms with Crippen LogP contribution < -0.4 is 5.32 Å². The van der Waals surface area contributed by atoms with E-state index < -0.39 is 11.9 Å². The lowest BCUT2D eigenvalue weighted by Crippen LogP contribution is -2.36. The zero-order valence-electron chi connectivity index (χ0n) is 11.7. The summed E-state index contributed by atoms with van der Waals surface area (Å²) in [5, 5.41) is 12.1. The Morgan fingerprint density at radius 2 is 1.79 bits per heavy atom. The number of amides is 1. The molecule has 1 unspecified atom stereocenters. The summed E-state index contributed by atoms with van der Waals surface area (Å²) in [5.74, 6) is -0.572. The van der Waals surface area contributed by atoms with Crippen LogP contribution in [0.1, 0.15) is 51.9 Å². The maximum atomic E-state index is 12.1. The standard InChI is InChI=1S/C15H25NO3/c1-10-8-12(13(9-10)15(18)19)14(17)16-7-6-11-4-2-3-5-11/h10-13H,2-9H2,1H3,(H,16,17)(H,18,19)/t10?,12-,13+/m0/s1. The zero-order valence-corrected chi connectivity index (χ0v) is 11.7. The molecule has 2 rings (SSSR count). The Morgan fingerprint density at radius 1 is 1.16 bits per heavy atom. The molecule has 0 aromatic carbocycles. The van der Waals surface area contributed by atoms with Crippen molar-refractivity contribution < 1.29 is 14.7 Å². The predicted octanol–water partition coefficient (Wildman–Crippen LogP) is 2.43. The average Bonchev–Trinajstić information content (AvgIpc) is 2.98. The first-order chi connectivity index (χ1) is 9.08. The normalized spacial score (nSPS) is 31.5. The van der Waals surface area contributed by atoms with Crippen LogP contribution in [0.25, 0.3) is 0 Å². The molecule has 3 atom stereocenters. The molecule has 0 bridgehead atoms. The van der Waals surface area contributed by atoms with Gasteiger partial charge in [0.15, 0.2) is 0 Å². The lowest BCUT2D eigenvalue weighted by Gasteiger charge is -2.16. The van der Waals surface area contributed by atoms with Crippen molar-refractivity contribution in [2.45, 2.75) is 51.9 Å². The van der Waals surface area contributed by atoms with E-state index in [1.807, 2.05) is 6.92 Å². The number of nitrogens with one attached hydrogen (secondary N) is 1. The van der Waals surface area contributed by atoms with E-state index >= 15 is 0 Å². The monoisotopic (exact) mass is 267 g/mol. The van der Waals surface area contributed by atoms with Gasteiger partial charge in [0.25, 0.3) is 0 Å². The summed E-state index contributed by atoms with van der Waals surface area (Å²) in [6.07, 6.45) is 7.61. The molecule has 108 valence electrons. The summed E-state index contributed by atoms with van der Waals surface area (Å²) in [5.41, 5.74) is 0. The molecular formula is C15H25NO3. The van der Waals surface area contributed by atoms with Gasteiger partial charge in [0.1, 0.15) is 0 Å². The number of aliphatic carboxylic acids is 1. The number of rotatable bonds is 5. The van der Waals surface area contributed by atoms with Crippen molar-refractivity contribution in [2.24, 2.45) is 23.7 Å². The highest BCUT2D eigenvalue weighted by atomic mass is 16.4. The first-order valence-electron chi connectivity index (χ1n) is 7.58. The fourth-order valence-electron chi connectivity index (χ4n) is 3.68. The third-order valence-electron chi connectivity index (χ3n) is 4.78. The Morgan fingerprint density at radius 3 is 2.42 bits per heavy atom. The molecule has 0 heterocycles. The maximum Gasteiger partial charge on any atom is 0.307 e. The number of hydrogen-bond acceptors (Lipinski definition) is 2. The van der Waals surface area contributed by atoms with Crippen LogP contribution in [-0.4, -0.2) is 23.5 Å². The molecule has 1 amide bonds. The molecule has 2 aliphatic carbocycles. The lowest BCUT2D eigenvalue weighted by atomic mass is 9.95. The summed E-state index contributed by atoms with van der Waals surface area (Å²) >= 11 is 0. The van der Waals surface area contributed by atoms with Crippen molar-refractivity contribution in [3.05, 3.63) is 0 Å². The van der Waals surface area contributed by atoms with Gasteiger partial charge in [0, 0.05) is 6.54 Å². The third-order valence-corrected chi connectivity index (χ3v) is 4.78. The van der Waals surface area contributed by atoms with Gasteiger partial charge in [-0.25, -0.2) is 0 Å². The van der Waals surface area contributed by atoms with Gasteiger partial charge in [-0.15, -0.1) is 0 Å². The molecule has 2 aliphatic rings. The SMILES string of the molecule is CC1C[C@H](C(=O)NCCC2CCCC2)[C@H](C(=O)O)C1. The molecule has 2 saturated carbocycles. The Balaban J connectivity index is 1.76. The predicted molar refractivity (Wildman–Crippen MR) is 72.6 cm³/mol. The molecule has 0 radical (unpaired) electrons. The van der Waals surface area contributed by atoms with Gasteiger partial charge in [0.05, 0.1) is 11.8 Å². The van der Waals surface area contributed by atoms with Crippen LogP contribution >= 0.6 is 0 Å². The highest BCUT2D eigenvalue weighted by Gasteiger charge is 2.40. The van der Waals surface area contributed by atoms with Crippen molar-refractivity contribution in [3.63, 3.8) is 0 Å². The van der Waals surface area contributed by atoms with E-state index in [0.717, 1.165) is 12.3 Å². The Labute approximate surface area is 115 Å². The first-order valence-corrected chi connectivity index (χ1v) is 7.58. The van der Waals surface area contributed by atoms with Gasteiger partial charge in [0.2, 0.25) is 5.91 Å². The molecule has 0 aliphatic heterocycles. The minimum absolute atomic E-state index is 0.0465. The second kappa shape index (κ2) is 6.40. The summed E-state index contributed by atoms with van der Waals surface area (Å²) in [4.78, 5) is 23.3. The topological polar surface area (TPSA) is 66.4 Å². The molecule has 2 N–H and O–H groups in total. The number of carboxylic acid groups (broad SMARTS) is 1. The minimum atomic E-state index is -0.819. The molecule has 4 heteroatoms. The van der Waals surface area contributed by atoms with Crippen molar-refractivity contribution in [1.82, 2.24) is 5.32 Å². The van der Waals surface area contributed by atoms with Crippen LogP contribution in [0.4, 0.5) is 0 Å². The van der Waals surface area contributed by atoms with E-state index in [1.165, 1.54) is 25.7 Å². The van der Waals surface area contributed by atoms with E-state index in [-0.39, 0.29) is 11.8 Å². The number of carbonyl (C=O) groups excluding carboxylic acids is 1. The van der Waals surface area contributed by atoms with Gasteiger partial charge >= 0.3 is 5.97 Å². The molecular weight excluding hydrogens is 242 g/mol. The van der Waals surface area contributed by atoms with Crippen molar-refractivity contribution in [2.75, 3.05) is 6.54 Å². The highest BCUT2D eigenvalue weighted by molar-refractivity contribution is 5.85. The van der Waals surface area contributed by atoms with E-state index in [9.17, 15) is 9.59 Å². The van der Waals surface area contributed by atoms with Crippen LogP contribution in [-0.2, 0) is 9.59 Å². The lowest BCUT2D eigenvalue weighted by molar-refractivity contribution is -0.146. The van der Waals surface area contributed by atoms with Crippen molar-refractivity contribution in [3.8, 4) is 0 Å². The quantitative estimate of drug-likeness (QED) is 0.804. The summed E-state index contributed by atoms with van der Waals surface area (Å²) in [6, 6.07) is 0. The first kappa shape index (κ1) is 14.4. The van der Waals surface area contributed by atoms with Crippen LogP contribution in [0.3, 0.4) is 0 Å². The van der Waals surface area contributed by atoms with E-state index in [2.05, 4.69) is 5.32 Å². The van der Waals surface area contributed by atoms with E-state index in [1.54, 1.807) is 0 Å². The fourth-order valence-corrected chi connectivity index (χ4v) is 3.68. The van der Waals surface area contributed by atoms with Crippen LogP contribution in [0, 0.1) is 23.7 Å². The molecule has 4 nitrogen and oxygen atoms in total. The molecule has 0 aromatic rings. The molecule has 0 aromatic heterocycles. The van der Waals surface area contributed by atoms with Gasteiger partial charge in [-0.3, -0.25) is 9.59 Å². The Kier molecular flexibility index (Phi) is 4.83. The van der Waals surface area contributed by atoms with Crippen LogP contribution in [0.15, 0.2) is 0 Å². The van der Waals surface area contributed by atoms with E-state index in [4.69, 9.17) is 5.11 Å². The van der Waals surface area contributed by atoms with Gasteiger partial charge in [-0.1, -0.05) is 32.6 Å². The smallest absolute Gasteiger partial charge is 0.307 e. The Hall–Kier alpha value is -1.06. The summed E-state index contributed by atoms with van der Waals surface area (Å²) in [7, 11) is 0. The average molecular weight is 267 g/mol. The molecule has 19 heavy (non-hydrogen) atoms. The zero-order chi connectivity index (χ0) is 13.8. The Bertz CT molecular complexity index is 336. The summed E-state index contributed by atoms with van der Waals surface area (Å²) < 4.78 is 0. The molecule has 0 spiro atoms. The fraction of sp³-hybridized carbons (Fsp3) is 0.867. The van der Waals surface area contributed by atoms with Gasteiger partial charge in [-0.2, -0.15) is 0 Å².